The average molecular weight is 473 g/mol. The molecule has 1 aromatic heterocycles. The maximum absolute atomic E-state index is 13.6. The van der Waals surface area contributed by atoms with E-state index >= 15 is 0 Å². The average Bonchev–Trinajstić information content (AvgIpc) is 3.29. The molecule has 0 saturated carbocycles. The highest BCUT2D eigenvalue weighted by molar-refractivity contribution is 7.10. The lowest BCUT2D eigenvalue weighted by molar-refractivity contribution is -0.130. The zero-order valence-corrected chi connectivity index (χ0v) is 21.3. The predicted octanol–water partition coefficient (Wildman–Crippen LogP) is 5.70. The molecule has 2 N–H and O–H groups in total. The molecular formula is C28H32N4OS. The fraction of sp³-hybridized carbons (Fsp3) is 0.321. The summed E-state index contributed by atoms with van der Waals surface area (Å²) >= 11 is 1.61. The first kappa shape index (κ1) is 23.9. The number of hydrogen-bond donors (Lipinski definition) is 1. The first-order valence-corrected chi connectivity index (χ1v) is 12.3. The SMILES string of the molecule is C=NCc1cccc(-c2csc([C@@]3(C)N=C(N)N(C)C(=O)[C@@H]3c3ccc(C(C)(C)C)cc3)c2)c1. The second-order valence-corrected chi connectivity index (χ2v) is 11.0. The van der Waals surface area contributed by atoms with E-state index in [0.29, 0.717) is 6.54 Å². The van der Waals surface area contributed by atoms with E-state index in [1.165, 1.54) is 10.5 Å². The van der Waals surface area contributed by atoms with Crippen molar-refractivity contribution < 1.29 is 4.79 Å². The third-order valence-corrected chi connectivity index (χ3v) is 7.75. The quantitative estimate of drug-likeness (QED) is 0.484. The molecule has 0 bridgehead atoms. The maximum Gasteiger partial charge on any atom is 0.239 e. The Balaban J connectivity index is 1.79. The van der Waals surface area contributed by atoms with Gasteiger partial charge in [0.15, 0.2) is 5.96 Å². The smallest absolute Gasteiger partial charge is 0.239 e. The molecule has 2 aromatic carbocycles. The number of benzene rings is 2. The number of nitrogens with two attached hydrogens (primary N) is 1. The van der Waals surface area contributed by atoms with Crippen LogP contribution in [-0.4, -0.2) is 30.5 Å². The highest BCUT2D eigenvalue weighted by atomic mass is 32.1. The first-order valence-electron chi connectivity index (χ1n) is 11.4. The minimum atomic E-state index is -0.805. The topological polar surface area (TPSA) is 71.0 Å². The van der Waals surface area contributed by atoms with E-state index in [4.69, 9.17) is 10.7 Å². The summed E-state index contributed by atoms with van der Waals surface area (Å²) in [6.07, 6.45) is 0. The van der Waals surface area contributed by atoms with Crippen LogP contribution in [0.15, 0.2) is 70.0 Å². The Morgan fingerprint density at radius 1 is 1.15 bits per heavy atom. The number of carbonyl (C=O) groups excluding carboxylic acids is 1. The number of nitrogens with zero attached hydrogens (tertiary/aromatic N) is 3. The van der Waals surface area contributed by atoms with Crippen LogP contribution < -0.4 is 5.73 Å². The third-order valence-electron chi connectivity index (χ3n) is 6.59. The summed E-state index contributed by atoms with van der Waals surface area (Å²) in [4.78, 5) is 24.9. The summed E-state index contributed by atoms with van der Waals surface area (Å²) in [7, 11) is 1.69. The second-order valence-electron chi connectivity index (χ2n) is 10.1. The van der Waals surface area contributed by atoms with Crippen molar-refractivity contribution in [2.45, 2.75) is 51.1 Å². The van der Waals surface area contributed by atoms with E-state index in [1.54, 1.807) is 18.4 Å². The molecule has 6 heteroatoms. The largest absolute Gasteiger partial charge is 0.369 e. The molecular weight excluding hydrogens is 440 g/mol. The van der Waals surface area contributed by atoms with Crippen molar-refractivity contribution in [1.29, 1.82) is 0 Å². The number of hydrogen-bond acceptors (Lipinski definition) is 5. The monoisotopic (exact) mass is 472 g/mol. The molecule has 0 aliphatic carbocycles. The number of thiophene rings is 1. The van der Waals surface area contributed by atoms with Crippen molar-refractivity contribution in [2.24, 2.45) is 15.7 Å². The molecule has 176 valence electrons. The first-order chi connectivity index (χ1) is 16.0. The molecule has 5 nitrogen and oxygen atoms in total. The van der Waals surface area contributed by atoms with Gasteiger partial charge < -0.3 is 5.73 Å². The molecule has 1 aliphatic rings. The van der Waals surface area contributed by atoms with Gasteiger partial charge >= 0.3 is 0 Å². The Labute approximate surface area is 206 Å². The van der Waals surface area contributed by atoms with Gasteiger partial charge in [-0.25, -0.2) is 4.99 Å². The molecule has 34 heavy (non-hydrogen) atoms. The van der Waals surface area contributed by atoms with Crippen molar-refractivity contribution in [3.63, 3.8) is 0 Å². The predicted molar refractivity (Wildman–Crippen MR) is 143 cm³/mol. The summed E-state index contributed by atoms with van der Waals surface area (Å²) < 4.78 is 0. The normalized spacial score (nSPS) is 20.9. The van der Waals surface area contributed by atoms with Gasteiger partial charge in [0.2, 0.25) is 5.91 Å². The fourth-order valence-electron chi connectivity index (χ4n) is 4.50. The van der Waals surface area contributed by atoms with Crippen LogP contribution in [-0.2, 0) is 22.3 Å². The molecule has 4 rings (SSSR count). The molecule has 1 amide bonds. The molecule has 0 spiro atoms. The molecule has 1 aliphatic heterocycles. The standard InChI is InChI=1S/C28H32N4OS/c1-27(2,3)22-12-10-19(11-13-22)24-25(33)32(6)26(29)31-28(24,4)23-15-21(17-34-23)20-9-7-8-18(14-20)16-30-5/h7-15,17,24H,5,16H2,1-4,6H3,(H2,29,31)/t24-,28+/m0/s1. The number of likely N-dealkylation sites (N-methyl/N-ethyl adjacent to an activating group) is 1. The van der Waals surface area contributed by atoms with E-state index in [9.17, 15) is 4.79 Å². The maximum atomic E-state index is 13.6. The van der Waals surface area contributed by atoms with Gasteiger partial charge in [0.1, 0.15) is 5.54 Å². The molecule has 2 heterocycles. The van der Waals surface area contributed by atoms with Crippen molar-refractivity contribution >= 4 is 29.9 Å². The minimum absolute atomic E-state index is 0.0378. The summed E-state index contributed by atoms with van der Waals surface area (Å²) in [5, 5.41) is 2.12. The van der Waals surface area contributed by atoms with Gasteiger partial charge in [-0.05, 0) is 64.4 Å². The molecule has 0 fully saturated rings. The Bertz CT molecular complexity index is 1250. The van der Waals surface area contributed by atoms with Gasteiger partial charge in [-0.3, -0.25) is 14.7 Å². The lowest BCUT2D eigenvalue weighted by Crippen LogP contribution is -2.52. The van der Waals surface area contributed by atoms with E-state index in [-0.39, 0.29) is 17.3 Å². The van der Waals surface area contributed by atoms with Crippen molar-refractivity contribution in [3.05, 3.63) is 81.5 Å². The van der Waals surface area contributed by atoms with Crippen LogP contribution in [0.3, 0.4) is 0 Å². The summed E-state index contributed by atoms with van der Waals surface area (Å²) in [6, 6.07) is 18.8. The molecule has 2 atom stereocenters. The molecule has 0 unspecified atom stereocenters. The lowest BCUT2D eigenvalue weighted by Gasteiger charge is -2.40. The van der Waals surface area contributed by atoms with Crippen molar-refractivity contribution in [1.82, 2.24) is 4.90 Å². The van der Waals surface area contributed by atoms with Crippen LogP contribution in [0.2, 0.25) is 0 Å². The Kier molecular flexibility index (Phi) is 6.21. The molecule has 3 aromatic rings. The molecule has 0 saturated heterocycles. The number of aliphatic imine (C=N–C) groups is 2. The van der Waals surface area contributed by atoms with Crippen LogP contribution in [0.1, 0.15) is 55.2 Å². The summed E-state index contributed by atoms with van der Waals surface area (Å²) in [5.74, 6) is -0.279. The van der Waals surface area contributed by atoms with Gasteiger partial charge in [-0.1, -0.05) is 63.2 Å². The number of amides is 1. The Hall–Kier alpha value is -3.25. The summed E-state index contributed by atoms with van der Waals surface area (Å²) in [5.41, 5.74) is 10.9. The molecule has 0 radical (unpaired) electrons. The van der Waals surface area contributed by atoms with Gasteiger partial charge in [0.05, 0.1) is 12.5 Å². The van der Waals surface area contributed by atoms with Crippen LogP contribution in [0.5, 0.6) is 0 Å². The van der Waals surface area contributed by atoms with Gasteiger partial charge in [-0.2, -0.15) is 0 Å². The van der Waals surface area contributed by atoms with Crippen LogP contribution >= 0.6 is 11.3 Å². The van der Waals surface area contributed by atoms with E-state index in [0.717, 1.165) is 27.1 Å². The highest BCUT2D eigenvalue weighted by Crippen LogP contribution is 2.47. The number of rotatable bonds is 5. The van der Waals surface area contributed by atoms with Crippen molar-refractivity contribution in [2.75, 3.05) is 7.05 Å². The van der Waals surface area contributed by atoms with Gasteiger partial charge in [-0.15, -0.1) is 11.3 Å². The fourth-order valence-corrected chi connectivity index (χ4v) is 5.55. The third kappa shape index (κ3) is 4.30. The minimum Gasteiger partial charge on any atom is -0.369 e. The van der Waals surface area contributed by atoms with E-state index in [2.05, 4.69) is 80.3 Å². The number of carbonyl (C=O) groups is 1. The van der Waals surface area contributed by atoms with Crippen molar-refractivity contribution in [3.8, 4) is 11.1 Å². The lowest BCUT2D eigenvalue weighted by atomic mass is 9.76. The van der Waals surface area contributed by atoms with E-state index < -0.39 is 11.5 Å². The van der Waals surface area contributed by atoms with Gasteiger partial charge in [0, 0.05) is 11.9 Å². The zero-order valence-electron chi connectivity index (χ0n) is 20.5. The second kappa shape index (κ2) is 8.84. The van der Waals surface area contributed by atoms with Crippen LogP contribution in [0.25, 0.3) is 11.1 Å². The Morgan fingerprint density at radius 2 is 1.85 bits per heavy atom. The number of guanidine groups is 1. The van der Waals surface area contributed by atoms with Gasteiger partial charge in [0.25, 0.3) is 0 Å². The van der Waals surface area contributed by atoms with Crippen LogP contribution in [0.4, 0.5) is 0 Å². The Morgan fingerprint density at radius 3 is 2.50 bits per heavy atom. The summed E-state index contributed by atoms with van der Waals surface area (Å²) in [6.45, 7) is 12.7. The van der Waals surface area contributed by atoms with Crippen LogP contribution in [0, 0.1) is 0 Å². The zero-order chi connectivity index (χ0) is 24.7. The highest BCUT2D eigenvalue weighted by Gasteiger charge is 2.48. The van der Waals surface area contributed by atoms with E-state index in [1.807, 2.05) is 19.1 Å².